The number of esters is 1. The molecule has 0 heterocycles. The highest BCUT2D eigenvalue weighted by Crippen LogP contribution is 2.19. The zero-order valence-corrected chi connectivity index (χ0v) is 14.3. The van der Waals surface area contributed by atoms with Crippen LogP contribution >= 0.6 is 0 Å². The molecule has 0 aromatic heterocycles. The summed E-state index contributed by atoms with van der Waals surface area (Å²) in [6.07, 6.45) is 7.97. The topological polar surface area (TPSA) is 63.7 Å². The molecule has 124 valence electrons. The summed E-state index contributed by atoms with van der Waals surface area (Å²) >= 11 is 0. The maximum atomic E-state index is 12.7. The Bertz CT molecular complexity index is 699. The Morgan fingerprint density at radius 3 is 2.52 bits per heavy atom. The SMILES string of the molecule is C#CCN([C@H](C)/C=C/C(=O)OCC)S(=O)(=O)c1ccc(C)cc1. The van der Waals surface area contributed by atoms with Gasteiger partial charge in [0.25, 0.3) is 0 Å². The number of hydrogen-bond donors (Lipinski definition) is 0. The summed E-state index contributed by atoms with van der Waals surface area (Å²) in [5.74, 6) is 1.82. The van der Waals surface area contributed by atoms with E-state index in [9.17, 15) is 13.2 Å². The molecular weight excluding hydrogens is 314 g/mol. The standard InChI is InChI=1S/C17H21NO4S/c1-5-13-18(15(4)9-12-17(19)22-6-2)23(20,21)16-10-7-14(3)8-11-16/h1,7-12,15H,6,13H2,2-4H3/b12-9+/t15-/m1/s1. The molecule has 1 aromatic rings. The number of nitrogens with zero attached hydrogens (tertiary/aromatic N) is 1. The van der Waals surface area contributed by atoms with Gasteiger partial charge in [-0.2, -0.15) is 4.31 Å². The Kier molecular flexibility index (Phi) is 7.01. The van der Waals surface area contributed by atoms with Crippen molar-refractivity contribution in [2.75, 3.05) is 13.2 Å². The lowest BCUT2D eigenvalue weighted by Gasteiger charge is -2.24. The molecule has 0 saturated carbocycles. The van der Waals surface area contributed by atoms with Gasteiger partial charge in [-0.3, -0.25) is 0 Å². The van der Waals surface area contributed by atoms with Crippen molar-refractivity contribution in [1.29, 1.82) is 0 Å². The number of benzene rings is 1. The van der Waals surface area contributed by atoms with E-state index in [-0.39, 0.29) is 18.0 Å². The van der Waals surface area contributed by atoms with Gasteiger partial charge in [0.1, 0.15) is 0 Å². The molecule has 23 heavy (non-hydrogen) atoms. The third-order valence-electron chi connectivity index (χ3n) is 3.13. The Balaban J connectivity index is 3.07. The van der Waals surface area contributed by atoms with Crippen LogP contribution in [0.2, 0.25) is 0 Å². The van der Waals surface area contributed by atoms with E-state index in [1.807, 2.05) is 6.92 Å². The molecule has 0 amide bonds. The highest BCUT2D eigenvalue weighted by Gasteiger charge is 2.27. The van der Waals surface area contributed by atoms with Gasteiger partial charge in [-0.05, 0) is 32.9 Å². The zero-order valence-electron chi connectivity index (χ0n) is 13.5. The van der Waals surface area contributed by atoms with Gasteiger partial charge in [0, 0.05) is 12.1 Å². The first-order chi connectivity index (χ1) is 10.8. The Morgan fingerprint density at radius 1 is 1.39 bits per heavy atom. The average Bonchev–Trinajstić information content (AvgIpc) is 2.51. The fourth-order valence-electron chi connectivity index (χ4n) is 1.89. The summed E-state index contributed by atoms with van der Waals surface area (Å²) in [6.45, 7) is 5.39. The van der Waals surface area contributed by atoms with E-state index in [0.29, 0.717) is 0 Å². The highest BCUT2D eigenvalue weighted by molar-refractivity contribution is 7.89. The van der Waals surface area contributed by atoms with Crippen molar-refractivity contribution in [1.82, 2.24) is 4.31 Å². The monoisotopic (exact) mass is 335 g/mol. The molecule has 1 rings (SSSR count). The molecule has 0 aliphatic rings. The number of aryl methyl sites for hydroxylation is 1. The summed E-state index contributed by atoms with van der Waals surface area (Å²) in [4.78, 5) is 11.5. The molecule has 0 spiro atoms. The number of ether oxygens (including phenoxy) is 1. The Labute approximate surface area is 138 Å². The lowest BCUT2D eigenvalue weighted by molar-refractivity contribution is -0.137. The first kappa shape index (κ1) is 18.9. The minimum atomic E-state index is -3.75. The normalized spacial score (nSPS) is 13.0. The molecule has 5 nitrogen and oxygen atoms in total. The van der Waals surface area contributed by atoms with Gasteiger partial charge in [0.2, 0.25) is 10.0 Å². The number of carbonyl (C=O) groups is 1. The number of rotatable bonds is 7. The van der Waals surface area contributed by atoms with E-state index in [0.717, 1.165) is 9.87 Å². The van der Waals surface area contributed by atoms with Crippen LogP contribution in [0.1, 0.15) is 19.4 Å². The second-order valence-electron chi connectivity index (χ2n) is 4.92. The van der Waals surface area contributed by atoms with E-state index in [4.69, 9.17) is 11.2 Å². The summed E-state index contributed by atoms with van der Waals surface area (Å²) in [6, 6.07) is 5.94. The number of terminal acetylenes is 1. The minimum Gasteiger partial charge on any atom is -0.463 e. The molecule has 1 atom stereocenters. The third-order valence-corrected chi connectivity index (χ3v) is 5.07. The average molecular weight is 335 g/mol. The minimum absolute atomic E-state index is 0.0927. The first-order valence-electron chi connectivity index (χ1n) is 7.19. The van der Waals surface area contributed by atoms with Crippen LogP contribution < -0.4 is 0 Å². The number of sulfonamides is 1. The lowest BCUT2D eigenvalue weighted by atomic mass is 10.2. The van der Waals surface area contributed by atoms with Gasteiger partial charge in [0.15, 0.2) is 0 Å². The molecule has 0 aliphatic heterocycles. The first-order valence-corrected chi connectivity index (χ1v) is 8.63. The van der Waals surface area contributed by atoms with Crippen molar-refractivity contribution in [2.45, 2.75) is 31.7 Å². The van der Waals surface area contributed by atoms with Crippen molar-refractivity contribution >= 4 is 16.0 Å². The lowest BCUT2D eigenvalue weighted by Crippen LogP contribution is -2.38. The van der Waals surface area contributed by atoms with Crippen LogP contribution in [0.4, 0.5) is 0 Å². The van der Waals surface area contributed by atoms with Crippen LogP contribution in [0.15, 0.2) is 41.3 Å². The second-order valence-corrected chi connectivity index (χ2v) is 6.81. The quantitative estimate of drug-likeness (QED) is 0.435. The van der Waals surface area contributed by atoms with Crippen LogP contribution in [0, 0.1) is 19.3 Å². The van der Waals surface area contributed by atoms with Gasteiger partial charge < -0.3 is 4.74 Å². The van der Waals surface area contributed by atoms with Crippen molar-refractivity contribution in [3.63, 3.8) is 0 Å². The molecule has 0 aliphatic carbocycles. The fraction of sp³-hybridized carbons (Fsp3) is 0.353. The fourth-order valence-corrected chi connectivity index (χ4v) is 3.39. The van der Waals surface area contributed by atoms with Gasteiger partial charge in [-0.1, -0.05) is 29.7 Å². The van der Waals surface area contributed by atoms with Crippen LogP contribution in [-0.4, -0.2) is 37.9 Å². The Morgan fingerprint density at radius 2 is 2.00 bits per heavy atom. The molecule has 0 fully saturated rings. The third kappa shape index (κ3) is 5.23. The van der Waals surface area contributed by atoms with Crippen molar-refractivity contribution in [2.24, 2.45) is 0 Å². The van der Waals surface area contributed by atoms with E-state index < -0.39 is 22.0 Å². The van der Waals surface area contributed by atoms with Crippen LogP contribution in [0.3, 0.4) is 0 Å². The maximum Gasteiger partial charge on any atom is 0.330 e. The predicted octanol–water partition coefficient (Wildman–Crippen LogP) is 2.13. The van der Waals surface area contributed by atoms with E-state index in [1.165, 1.54) is 24.3 Å². The van der Waals surface area contributed by atoms with Gasteiger partial charge >= 0.3 is 5.97 Å². The number of hydrogen-bond acceptors (Lipinski definition) is 4. The van der Waals surface area contributed by atoms with Crippen LogP contribution in [-0.2, 0) is 19.6 Å². The van der Waals surface area contributed by atoms with Gasteiger partial charge in [-0.15, -0.1) is 6.42 Å². The van der Waals surface area contributed by atoms with Crippen molar-refractivity contribution < 1.29 is 17.9 Å². The Hall–Kier alpha value is -2.10. The molecule has 0 bridgehead atoms. The van der Waals surface area contributed by atoms with Crippen LogP contribution in [0.5, 0.6) is 0 Å². The summed E-state index contributed by atoms with van der Waals surface area (Å²) in [5, 5.41) is 0. The molecule has 0 radical (unpaired) electrons. The van der Waals surface area contributed by atoms with Crippen LogP contribution in [0.25, 0.3) is 0 Å². The zero-order chi connectivity index (χ0) is 17.5. The number of carbonyl (C=O) groups excluding carboxylic acids is 1. The summed E-state index contributed by atoms with van der Waals surface area (Å²) < 4.78 is 31.4. The maximum absolute atomic E-state index is 12.7. The van der Waals surface area contributed by atoms with Gasteiger partial charge in [0.05, 0.1) is 18.0 Å². The second kappa shape index (κ2) is 8.51. The molecule has 0 saturated heterocycles. The van der Waals surface area contributed by atoms with E-state index in [2.05, 4.69) is 5.92 Å². The molecule has 0 N–H and O–H groups in total. The largest absolute Gasteiger partial charge is 0.463 e. The summed E-state index contributed by atoms with van der Waals surface area (Å²) in [5.41, 5.74) is 0.961. The molecule has 1 aromatic carbocycles. The highest BCUT2D eigenvalue weighted by atomic mass is 32.2. The predicted molar refractivity (Wildman–Crippen MR) is 89.1 cm³/mol. The molecule has 6 heteroatoms. The van der Waals surface area contributed by atoms with Gasteiger partial charge in [-0.25, -0.2) is 13.2 Å². The van der Waals surface area contributed by atoms with E-state index in [1.54, 1.807) is 26.0 Å². The molecular formula is C17H21NO4S. The van der Waals surface area contributed by atoms with E-state index >= 15 is 0 Å². The summed E-state index contributed by atoms with van der Waals surface area (Å²) in [7, 11) is -3.75. The van der Waals surface area contributed by atoms with Crippen molar-refractivity contribution in [3.8, 4) is 12.3 Å². The molecule has 0 unspecified atom stereocenters. The van der Waals surface area contributed by atoms with Crippen molar-refractivity contribution in [3.05, 3.63) is 42.0 Å². The smallest absolute Gasteiger partial charge is 0.330 e.